The number of hydrazine groups is 1. The molecule has 5 nitrogen and oxygen atoms in total. The van der Waals surface area contributed by atoms with Crippen LogP contribution in [0.25, 0.3) is 0 Å². The number of likely N-dealkylation sites (N-methyl/N-ethyl adjacent to an activating group) is 1. The Balaban J connectivity index is 3.22. The van der Waals surface area contributed by atoms with E-state index in [4.69, 9.17) is 11.6 Å². The number of aryl methyl sites for hydroxylation is 1. The van der Waals surface area contributed by atoms with Crippen molar-refractivity contribution >= 4 is 5.82 Å². The molecule has 0 aliphatic heterocycles. The number of pyridine rings is 1. The van der Waals surface area contributed by atoms with Crippen LogP contribution < -0.4 is 17.0 Å². The largest absolute Gasteiger partial charge is 0.383 e. The van der Waals surface area contributed by atoms with Crippen LogP contribution in [0.5, 0.6) is 0 Å². The van der Waals surface area contributed by atoms with E-state index in [-0.39, 0.29) is 11.6 Å². The SMILES string of the molecule is CCN(CC)C(C)(C)C(NN)c1cc(C)cnc1N. The summed E-state index contributed by atoms with van der Waals surface area (Å²) in [7, 11) is 0. The summed E-state index contributed by atoms with van der Waals surface area (Å²) in [5, 5.41) is 0. The highest BCUT2D eigenvalue weighted by molar-refractivity contribution is 5.44. The Labute approximate surface area is 116 Å². The van der Waals surface area contributed by atoms with E-state index >= 15 is 0 Å². The summed E-state index contributed by atoms with van der Waals surface area (Å²) in [5.74, 6) is 6.33. The molecule has 0 amide bonds. The van der Waals surface area contributed by atoms with Gasteiger partial charge in [0.05, 0.1) is 6.04 Å². The van der Waals surface area contributed by atoms with Crippen LogP contribution in [0, 0.1) is 6.92 Å². The molecule has 5 heteroatoms. The number of hydrogen-bond donors (Lipinski definition) is 3. The van der Waals surface area contributed by atoms with Crippen molar-refractivity contribution in [1.82, 2.24) is 15.3 Å². The van der Waals surface area contributed by atoms with E-state index in [1.807, 2.05) is 6.92 Å². The maximum Gasteiger partial charge on any atom is 0.128 e. The number of nitrogens with two attached hydrogens (primary N) is 2. The topological polar surface area (TPSA) is 80.2 Å². The van der Waals surface area contributed by atoms with E-state index in [0.717, 1.165) is 24.2 Å². The lowest BCUT2D eigenvalue weighted by Crippen LogP contribution is -2.54. The number of nitrogens with zero attached hydrogens (tertiary/aromatic N) is 2. The Hall–Kier alpha value is -1.17. The third kappa shape index (κ3) is 3.23. The maximum absolute atomic E-state index is 6.02. The maximum atomic E-state index is 6.02. The number of nitrogens with one attached hydrogen (secondary N) is 1. The van der Waals surface area contributed by atoms with Gasteiger partial charge in [0.25, 0.3) is 0 Å². The van der Waals surface area contributed by atoms with Gasteiger partial charge in [0.1, 0.15) is 5.82 Å². The van der Waals surface area contributed by atoms with Crippen molar-refractivity contribution in [2.24, 2.45) is 5.84 Å². The summed E-state index contributed by atoms with van der Waals surface area (Å²) >= 11 is 0. The Morgan fingerprint density at radius 3 is 2.42 bits per heavy atom. The third-order valence-corrected chi connectivity index (χ3v) is 3.85. The average Bonchev–Trinajstić information content (AvgIpc) is 2.35. The van der Waals surface area contributed by atoms with Gasteiger partial charge in [-0.3, -0.25) is 16.2 Å². The molecule has 0 spiro atoms. The smallest absolute Gasteiger partial charge is 0.128 e. The summed E-state index contributed by atoms with van der Waals surface area (Å²) in [4.78, 5) is 6.60. The van der Waals surface area contributed by atoms with Crippen LogP contribution in [0.3, 0.4) is 0 Å². The van der Waals surface area contributed by atoms with Crippen molar-refractivity contribution in [3.8, 4) is 0 Å². The molecule has 0 bridgehead atoms. The van der Waals surface area contributed by atoms with Gasteiger partial charge >= 0.3 is 0 Å². The van der Waals surface area contributed by atoms with Crippen molar-refractivity contribution in [2.75, 3.05) is 18.8 Å². The molecule has 0 aliphatic carbocycles. The molecule has 0 radical (unpaired) electrons. The Morgan fingerprint density at radius 1 is 1.37 bits per heavy atom. The second-order valence-electron chi connectivity index (χ2n) is 5.41. The van der Waals surface area contributed by atoms with Crippen molar-refractivity contribution in [3.05, 3.63) is 23.4 Å². The summed E-state index contributed by atoms with van der Waals surface area (Å²) < 4.78 is 0. The fourth-order valence-electron chi connectivity index (χ4n) is 2.73. The van der Waals surface area contributed by atoms with Crippen LogP contribution >= 0.6 is 0 Å². The lowest BCUT2D eigenvalue weighted by atomic mass is 9.87. The number of aromatic nitrogens is 1. The molecule has 1 aromatic heterocycles. The molecule has 5 N–H and O–H groups in total. The molecular weight excluding hydrogens is 238 g/mol. The van der Waals surface area contributed by atoms with Crippen molar-refractivity contribution in [1.29, 1.82) is 0 Å². The molecule has 19 heavy (non-hydrogen) atoms. The first-order chi connectivity index (χ1) is 8.88. The van der Waals surface area contributed by atoms with Crippen LogP contribution in [-0.4, -0.2) is 28.5 Å². The normalized spacial score (nSPS) is 13.8. The minimum atomic E-state index is -0.151. The molecule has 0 aliphatic rings. The average molecular weight is 265 g/mol. The van der Waals surface area contributed by atoms with Crippen LogP contribution in [0.2, 0.25) is 0 Å². The van der Waals surface area contributed by atoms with Crippen LogP contribution in [-0.2, 0) is 0 Å². The molecule has 1 rings (SSSR count). The predicted molar refractivity (Wildman–Crippen MR) is 80.5 cm³/mol. The molecule has 0 saturated carbocycles. The minimum Gasteiger partial charge on any atom is -0.383 e. The van der Waals surface area contributed by atoms with Gasteiger partial charge in [-0.2, -0.15) is 0 Å². The Morgan fingerprint density at radius 2 is 1.95 bits per heavy atom. The quantitative estimate of drug-likeness (QED) is 0.538. The van der Waals surface area contributed by atoms with Crippen LogP contribution in [0.15, 0.2) is 12.3 Å². The first-order valence-corrected chi connectivity index (χ1v) is 6.81. The standard InChI is InChI=1S/C14H27N5/c1-6-19(7-2)14(4,5)12(18-16)11-8-10(3)9-17-13(11)15/h8-9,12,18H,6-7,16H2,1-5H3,(H2,15,17). The van der Waals surface area contributed by atoms with E-state index in [9.17, 15) is 0 Å². The molecular formula is C14H27N5. The molecule has 108 valence electrons. The molecule has 1 unspecified atom stereocenters. The van der Waals surface area contributed by atoms with Gasteiger partial charge < -0.3 is 5.73 Å². The lowest BCUT2D eigenvalue weighted by Gasteiger charge is -2.43. The number of hydrogen-bond acceptors (Lipinski definition) is 5. The van der Waals surface area contributed by atoms with Gasteiger partial charge in [-0.05, 0) is 45.5 Å². The highest BCUT2D eigenvalue weighted by atomic mass is 15.3. The van der Waals surface area contributed by atoms with Crippen LogP contribution in [0.1, 0.15) is 44.9 Å². The van der Waals surface area contributed by atoms with Gasteiger partial charge in [-0.15, -0.1) is 0 Å². The van der Waals surface area contributed by atoms with Crippen molar-refractivity contribution in [3.63, 3.8) is 0 Å². The van der Waals surface area contributed by atoms with E-state index < -0.39 is 0 Å². The fraction of sp³-hybridized carbons (Fsp3) is 0.643. The summed E-state index contributed by atoms with van der Waals surface area (Å²) in [6.07, 6.45) is 1.77. The monoisotopic (exact) mass is 265 g/mol. The third-order valence-electron chi connectivity index (χ3n) is 3.85. The van der Waals surface area contributed by atoms with Gasteiger partial charge in [0.2, 0.25) is 0 Å². The number of nitrogen functional groups attached to an aromatic ring is 1. The zero-order valence-corrected chi connectivity index (χ0v) is 12.7. The van der Waals surface area contributed by atoms with Crippen molar-refractivity contribution in [2.45, 2.75) is 46.2 Å². The second-order valence-corrected chi connectivity index (χ2v) is 5.41. The van der Waals surface area contributed by atoms with E-state index in [2.05, 4.69) is 49.1 Å². The lowest BCUT2D eigenvalue weighted by molar-refractivity contribution is 0.0914. The summed E-state index contributed by atoms with van der Waals surface area (Å²) in [6, 6.07) is 1.98. The molecule has 0 fully saturated rings. The molecule has 1 aromatic rings. The number of rotatable bonds is 6. The molecule has 0 saturated heterocycles. The molecule has 0 aromatic carbocycles. The first-order valence-electron chi connectivity index (χ1n) is 6.81. The van der Waals surface area contributed by atoms with Crippen LogP contribution in [0.4, 0.5) is 5.82 Å². The van der Waals surface area contributed by atoms with Gasteiger partial charge in [-0.25, -0.2) is 4.98 Å². The number of anilines is 1. The minimum absolute atomic E-state index is 0.0696. The van der Waals surface area contributed by atoms with Crippen molar-refractivity contribution < 1.29 is 0 Å². The van der Waals surface area contributed by atoms with E-state index in [1.54, 1.807) is 6.20 Å². The van der Waals surface area contributed by atoms with Gasteiger partial charge in [-0.1, -0.05) is 13.8 Å². The molecule has 1 atom stereocenters. The zero-order valence-electron chi connectivity index (χ0n) is 12.7. The van der Waals surface area contributed by atoms with Gasteiger partial charge in [0, 0.05) is 17.3 Å². The van der Waals surface area contributed by atoms with E-state index in [1.165, 1.54) is 0 Å². The highest BCUT2D eigenvalue weighted by Crippen LogP contribution is 2.32. The molecule has 1 heterocycles. The second kappa shape index (κ2) is 6.32. The summed E-state index contributed by atoms with van der Waals surface area (Å²) in [5.41, 5.74) is 10.8. The van der Waals surface area contributed by atoms with E-state index in [0.29, 0.717) is 5.82 Å². The zero-order chi connectivity index (χ0) is 14.6. The predicted octanol–water partition coefficient (Wildman–Crippen LogP) is 1.60. The highest BCUT2D eigenvalue weighted by Gasteiger charge is 2.35. The summed E-state index contributed by atoms with van der Waals surface area (Å²) in [6.45, 7) is 12.6. The van der Waals surface area contributed by atoms with Gasteiger partial charge in [0.15, 0.2) is 0 Å². The fourth-order valence-corrected chi connectivity index (χ4v) is 2.73. The Kier molecular flexibility index (Phi) is 5.29. The Bertz CT molecular complexity index is 412. The first kappa shape index (κ1) is 15.9.